The molecule has 0 atom stereocenters. The summed E-state index contributed by atoms with van der Waals surface area (Å²) in [6.45, 7) is 4.08. The summed E-state index contributed by atoms with van der Waals surface area (Å²) in [6.07, 6.45) is 2.51. The number of H-pyrrole nitrogens is 1. The SMILES string of the molecule is Cc1cc(C)c(C=C2C(=O)Cc3ccccc32)[nH]1. The molecule has 0 bridgehead atoms. The van der Waals surface area contributed by atoms with Crippen molar-refractivity contribution < 1.29 is 4.79 Å². The summed E-state index contributed by atoms with van der Waals surface area (Å²) in [5.41, 5.74) is 6.38. The highest BCUT2D eigenvalue weighted by molar-refractivity contribution is 6.29. The molecule has 2 heteroatoms. The summed E-state index contributed by atoms with van der Waals surface area (Å²) in [5, 5.41) is 0. The van der Waals surface area contributed by atoms with Crippen molar-refractivity contribution in [2.75, 3.05) is 0 Å². The van der Waals surface area contributed by atoms with E-state index < -0.39 is 0 Å². The van der Waals surface area contributed by atoms with Gasteiger partial charge in [-0.25, -0.2) is 0 Å². The molecule has 1 heterocycles. The highest BCUT2D eigenvalue weighted by Crippen LogP contribution is 2.31. The topological polar surface area (TPSA) is 32.9 Å². The molecule has 0 fully saturated rings. The average Bonchev–Trinajstić information content (AvgIpc) is 2.81. The Morgan fingerprint density at radius 2 is 2.00 bits per heavy atom. The number of ketones is 1. The molecule has 0 amide bonds. The highest BCUT2D eigenvalue weighted by atomic mass is 16.1. The van der Waals surface area contributed by atoms with E-state index in [1.165, 1.54) is 5.56 Å². The number of hydrogen-bond acceptors (Lipinski definition) is 1. The van der Waals surface area contributed by atoms with Gasteiger partial charge in [0.1, 0.15) is 0 Å². The molecule has 18 heavy (non-hydrogen) atoms. The van der Waals surface area contributed by atoms with E-state index in [4.69, 9.17) is 0 Å². The van der Waals surface area contributed by atoms with Crippen LogP contribution in [-0.4, -0.2) is 10.8 Å². The van der Waals surface area contributed by atoms with Crippen molar-refractivity contribution in [3.63, 3.8) is 0 Å². The van der Waals surface area contributed by atoms with Crippen molar-refractivity contribution in [3.05, 3.63) is 58.4 Å². The zero-order chi connectivity index (χ0) is 12.7. The van der Waals surface area contributed by atoms with Crippen LogP contribution in [0.5, 0.6) is 0 Å². The van der Waals surface area contributed by atoms with Crippen LogP contribution >= 0.6 is 0 Å². The van der Waals surface area contributed by atoms with E-state index in [9.17, 15) is 4.79 Å². The van der Waals surface area contributed by atoms with Crippen molar-refractivity contribution in [1.82, 2.24) is 4.98 Å². The molecule has 3 rings (SSSR count). The molecule has 1 aromatic carbocycles. The van der Waals surface area contributed by atoms with E-state index in [1.54, 1.807) is 0 Å². The zero-order valence-corrected chi connectivity index (χ0v) is 10.6. The zero-order valence-electron chi connectivity index (χ0n) is 10.6. The van der Waals surface area contributed by atoms with E-state index in [0.717, 1.165) is 28.1 Å². The first kappa shape index (κ1) is 11.0. The Hall–Kier alpha value is -2.09. The van der Waals surface area contributed by atoms with Crippen LogP contribution in [-0.2, 0) is 11.2 Å². The van der Waals surface area contributed by atoms with E-state index in [-0.39, 0.29) is 5.78 Å². The lowest BCUT2D eigenvalue weighted by atomic mass is 10.1. The number of Topliss-reactive ketones (excluding diaryl/α,β-unsaturated/α-hetero) is 1. The number of allylic oxidation sites excluding steroid dienone is 1. The monoisotopic (exact) mass is 237 g/mol. The Balaban J connectivity index is 2.12. The normalized spacial score (nSPS) is 16.3. The number of nitrogens with one attached hydrogen (secondary N) is 1. The fourth-order valence-electron chi connectivity index (χ4n) is 2.56. The number of rotatable bonds is 1. The third-order valence-corrected chi connectivity index (χ3v) is 3.44. The number of carbonyl (C=O) groups is 1. The number of aromatic amines is 1. The maximum absolute atomic E-state index is 12.1. The lowest BCUT2D eigenvalue weighted by Gasteiger charge is -1.99. The van der Waals surface area contributed by atoms with E-state index >= 15 is 0 Å². The molecule has 2 nitrogen and oxygen atoms in total. The fraction of sp³-hybridized carbons (Fsp3) is 0.188. The van der Waals surface area contributed by atoms with Crippen LogP contribution in [0, 0.1) is 13.8 Å². The van der Waals surface area contributed by atoms with E-state index in [0.29, 0.717) is 6.42 Å². The van der Waals surface area contributed by atoms with Gasteiger partial charge in [0.25, 0.3) is 0 Å². The molecular formula is C16H15NO. The molecular weight excluding hydrogens is 222 g/mol. The molecule has 0 aliphatic heterocycles. The van der Waals surface area contributed by atoms with E-state index in [2.05, 4.69) is 18.0 Å². The first-order chi connectivity index (χ1) is 8.65. The summed E-state index contributed by atoms with van der Waals surface area (Å²) in [6, 6.07) is 10.1. The van der Waals surface area contributed by atoms with E-state index in [1.807, 2.05) is 37.3 Å². The second-order valence-corrected chi connectivity index (χ2v) is 4.86. The first-order valence-electron chi connectivity index (χ1n) is 6.14. The predicted molar refractivity (Wildman–Crippen MR) is 73.3 cm³/mol. The molecule has 1 N–H and O–H groups in total. The van der Waals surface area contributed by atoms with Crippen molar-refractivity contribution in [2.45, 2.75) is 20.3 Å². The van der Waals surface area contributed by atoms with Gasteiger partial charge in [0.2, 0.25) is 0 Å². The van der Waals surface area contributed by atoms with Crippen LogP contribution in [0.3, 0.4) is 0 Å². The van der Waals surface area contributed by atoms with Gasteiger partial charge in [0, 0.05) is 23.4 Å². The summed E-state index contributed by atoms with van der Waals surface area (Å²) in [7, 11) is 0. The van der Waals surface area contributed by atoms with Crippen LogP contribution in [0.4, 0.5) is 0 Å². The minimum Gasteiger partial charge on any atom is -0.359 e. The lowest BCUT2D eigenvalue weighted by molar-refractivity contribution is -0.112. The molecule has 90 valence electrons. The molecule has 1 aromatic heterocycles. The molecule has 0 radical (unpaired) electrons. The largest absolute Gasteiger partial charge is 0.359 e. The number of fused-ring (bicyclic) bond motifs is 1. The molecule has 0 unspecified atom stereocenters. The third-order valence-electron chi connectivity index (χ3n) is 3.44. The maximum atomic E-state index is 12.1. The quantitative estimate of drug-likeness (QED) is 0.758. The molecule has 1 aliphatic carbocycles. The van der Waals surface area contributed by atoms with Crippen LogP contribution in [0.25, 0.3) is 11.6 Å². The third kappa shape index (κ3) is 1.70. The van der Waals surface area contributed by atoms with Gasteiger partial charge in [-0.2, -0.15) is 0 Å². The Labute approximate surface area is 106 Å². The van der Waals surface area contributed by atoms with Gasteiger partial charge in [0.15, 0.2) is 5.78 Å². The van der Waals surface area contributed by atoms with Crippen molar-refractivity contribution >= 4 is 17.4 Å². The summed E-state index contributed by atoms with van der Waals surface area (Å²) < 4.78 is 0. The average molecular weight is 237 g/mol. The smallest absolute Gasteiger partial charge is 0.167 e. The Bertz CT molecular complexity index is 661. The van der Waals surface area contributed by atoms with Crippen molar-refractivity contribution in [3.8, 4) is 0 Å². The van der Waals surface area contributed by atoms with Gasteiger partial charge in [-0.05, 0) is 42.7 Å². The Morgan fingerprint density at radius 1 is 1.22 bits per heavy atom. The maximum Gasteiger partial charge on any atom is 0.167 e. The number of benzene rings is 1. The van der Waals surface area contributed by atoms with Gasteiger partial charge in [-0.15, -0.1) is 0 Å². The summed E-state index contributed by atoms with van der Waals surface area (Å²) in [5.74, 6) is 0.211. The van der Waals surface area contributed by atoms with Crippen LogP contribution in [0.2, 0.25) is 0 Å². The van der Waals surface area contributed by atoms with Gasteiger partial charge in [0.05, 0.1) is 0 Å². The van der Waals surface area contributed by atoms with Crippen LogP contribution in [0.1, 0.15) is 28.1 Å². The number of aromatic nitrogens is 1. The number of hydrogen-bond donors (Lipinski definition) is 1. The van der Waals surface area contributed by atoms with Crippen molar-refractivity contribution in [1.29, 1.82) is 0 Å². The molecule has 0 saturated heterocycles. The molecule has 0 spiro atoms. The summed E-state index contributed by atoms with van der Waals surface area (Å²) in [4.78, 5) is 15.4. The summed E-state index contributed by atoms with van der Waals surface area (Å²) >= 11 is 0. The predicted octanol–water partition coefficient (Wildman–Crippen LogP) is 3.30. The number of carbonyl (C=O) groups excluding carboxylic acids is 1. The fourth-order valence-corrected chi connectivity index (χ4v) is 2.56. The Kier molecular flexibility index (Phi) is 2.44. The minimum absolute atomic E-state index is 0.211. The van der Waals surface area contributed by atoms with Crippen molar-refractivity contribution in [2.24, 2.45) is 0 Å². The molecule has 0 saturated carbocycles. The van der Waals surface area contributed by atoms with Gasteiger partial charge >= 0.3 is 0 Å². The minimum atomic E-state index is 0.211. The van der Waals surface area contributed by atoms with Crippen LogP contribution in [0.15, 0.2) is 30.3 Å². The highest BCUT2D eigenvalue weighted by Gasteiger charge is 2.23. The molecule has 1 aliphatic rings. The number of aryl methyl sites for hydroxylation is 2. The van der Waals surface area contributed by atoms with Crippen LogP contribution < -0.4 is 0 Å². The lowest BCUT2D eigenvalue weighted by Crippen LogP contribution is -1.94. The first-order valence-corrected chi connectivity index (χ1v) is 6.14. The van der Waals surface area contributed by atoms with Gasteiger partial charge in [-0.3, -0.25) is 4.79 Å². The Morgan fingerprint density at radius 3 is 2.72 bits per heavy atom. The van der Waals surface area contributed by atoms with Gasteiger partial charge < -0.3 is 4.98 Å². The van der Waals surface area contributed by atoms with Gasteiger partial charge in [-0.1, -0.05) is 24.3 Å². The second kappa shape index (κ2) is 3.98. The molecule has 2 aromatic rings. The second-order valence-electron chi connectivity index (χ2n) is 4.86. The standard InChI is InChI=1S/C16H15NO/c1-10-7-11(2)17-15(10)9-14-13-6-4-3-5-12(13)8-16(14)18/h3-7,9,17H,8H2,1-2H3.